The molecule has 4 nitrogen and oxygen atoms in total. The van der Waals surface area contributed by atoms with Gasteiger partial charge in [0.2, 0.25) is 0 Å². The van der Waals surface area contributed by atoms with Crippen LogP contribution in [-0.4, -0.2) is 9.97 Å². The molecule has 0 radical (unpaired) electrons. The molecule has 1 N–H and O–H groups in total. The van der Waals surface area contributed by atoms with E-state index >= 15 is 0 Å². The molecule has 2 rings (SSSR count). The van der Waals surface area contributed by atoms with Gasteiger partial charge in [0.25, 0.3) is 5.56 Å². The third-order valence-electron chi connectivity index (χ3n) is 1.71. The predicted octanol–water partition coefficient (Wildman–Crippen LogP) is 1.37. The first-order valence-electron chi connectivity index (χ1n) is 3.83. The molecule has 0 amide bonds. The van der Waals surface area contributed by atoms with Gasteiger partial charge in [-0.3, -0.25) is 4.79 Å². The Morgan fingerprint density at radius 2 is 2.43 bits per heavy atom. The summed E-state index contributed by atoms with van der Waals surface area (Å²) < 4.78 is 0. The monoisotopic (exact) mass is 203 g/mol. The van der Waals surface area contributed by atoms with Gasteiger partial charge in [0, 0.05) is 10.9 Å². The molecule has 0 spiro atoms. The molecule has 14 heavy (non-hydrogen) atoms. The zero-order valence-electron chi connectivity index (χ0n) is 7.02. The summed E-state index contributed by atoms with van der Waals surface area (Å²) in [4.78, 5) is 17.8. The van der Waals surface area contributed by atoms with E-state index in [0.29, 0.717) is 5.82 Å². The molecule has 0 fully saturated rings. The SMILES string of the molecule is N#Cc1cnc(-c2ccsc2)[nH]c1=O. The molecule has 2 aromatic rings. The van der Waals surface area contributed by atoms with Crippen LogP contribution in [0, 0.1) is 11.3 Å². The Bertz CT molecular complexity index is 536. The quantitative estimate of drug-likeness (QED) is 0.761. The van der Waals surface area contributed by atoms with Gasteiger partial charge in [-0.25, -0.2) is 4.98 Å². The zero-order chi connectivity index (χ0) is 9.97. The van der Waals surface area contributed by atoms with E-state index in [-0.39, 0.29) is 5.56 Å². The number of thiophene rings is 1. The average Bonchev–Trinajstić information content (AvgIpc) is 2.70. The summed E-state index contributed by atoms with van der Waals surface area (Å²) >= 11 is 1.52. The van der Waals surface area contributed by atoms with Crippen LogP contribution in [-0.2, 0) is 0 Å². The van der Waals surface area contributed by atoms with Crippen molar-refractivity contribution in [3.05, 3.63) is 38.9 Å². The minimum Gasteiger partial charge on any atom is -0.305 e. The van der Waals surface area contributed by atoms with Crippen molar-refractivity contribution in [2.45, 2.75) is 0 Å². The number of rotatable bonds is 1. The summed E-state index contributed by atoms with van der Waals surface area (Å²) in [5.41, 5.74) is 0.490. The molecule has 2 heterocycles. The Morgan fingerprint density at radius 1 is 1.57 bits per heavy atom. The lowest BCUT2D eigenvalue weighted by molar-refractivity contribution is 1.11. The van der Waals surface area contributed by atoms with Crippen molar-refractivity contribution in [1.82, 2.24) is 9.97 Å². The van der Waals surface area contributed by atoms with Crippen molar-refractivity contribution in [3.8, 4) is 17.5 Å². The lowest BCUT2D eigenvalue weighted by Crippen LogP contribution is -2.11. The normalized spacial score (nSPS) is 9.64. The summed E-state index contributed by atoms with van der Waals surface area (Å²) in [5, 5.41) is 12.3. The number of nitriles is 1. The number of aromatic amines is 1. The molecule has 0 atom stereocenters. The first-order chi connectivity index (χ1) is 6.81. The van der Waals surface area contributed by atoms with Gasteiger partial charge in [-0.05, 0) is 11.4 Å². The van der Waals surface area contributed by atoms with Gasteiger partial charge in [-0.1, -0.05) is 0 Å². The Morgan fingerprint density at radius 3 is 3.00 bits per heavy atom. The highest BCUT2D eigenvalue weighted by atomic mass is 32.1. The van der Waals surface area contributed by atoms with Crippen molar-refractivity contribution >= 4 is 11.3 Å². The van der Waals surface area contributed by atoms with Gasteiger partial charge in [-0.2, -0.15) is 16.6 Å². The number of H-pyrrole nitrogens is 1. The Labute approximate surface area is 83.5 Å². The van der Waals surface area contributed by atoms with E-state index in [1.807, 2.05) is 16.8 Å². The predicted molar refractivity (Wildman–Crippen MR) is 52.9 cm³/mol. The van der Waals surface area contributed by atoms with Crippen molar-refractivity contribution < 1.29 is 0 Å². The molecular formula is C9H5N3OS. The molecule has 0 aliphatic rings. The molecule has 0 unspecified atom stereocenters. The van der Waals surface area contributed by atoms with Gasteiger partial charge >= 0.3 is 0 Å². The fourth-order valence-electron chi connectivity index (χ4n) is 1.02. The van der Waals surface area contributed by atoms with Gasteiger partial charge in [0.05, 0.1) is 6.20 Å². The smallest absolute Gasteiger partial charge is 0.269 e. The van der Waals surface area contributed by atoms with E-state index in [0.717, 1.165) is 5.56 Å². The van der Waals surface area contributed by atoms with Crippen LogP contribution in [0.4, 0.5) is 0 Å². The Balaban J connectivity index is 2.55. The van der Waals surface area contributed by atoms with Gasteiger partial charge in [0.1, 0.15) is 17.5 Å². The highest BCUT2D eigenvalue weighted by Crippen LogP contribution is 2.16. The number of hydrogen-bond donors (Lipinski definition) is 1. The summed E-state index contributed by atoms with van der Waals surface area (Å²) in [7, 11) is 0. The minimum absolute atomic E-state index is 0.0315. The van der Waals surface area contributed by atoms with Gasteiger partial charge in [0.15, 0.2) is 0 Å². The van der Waals surface area contributed by atoms with E-state index < -0.39 is 5.56 Å². The number of nitrogens with one attached hydrogen (secondary N) is 1. The molecule has 0 saturated carbocycles. The second-order valence-electron chi connectivity index (χ2n) is 2.60. The lowest BCUT2D eigenvalue weighted by Gasteiger charge is -1.95. The van der Waals surface area contributed by atoms with E-state index in [4.69, 9.17) is 5.26 Å². The molecule has 0 bridgehead atoms. The van der Waals surface area contributed by atoms with Crippen LogP contribution < -0.4 is 5.56 Å². The van der Waals surface area contributed by atoms with Crippen LogP contribution in [0.15, 0.2) is 27.8 Å². The summed E-state index contributed by atoms with van der Waals surface area (Å²) in [6, 6.07) is 3.62. The van der Waals surface area contributed by atoms with E-state index in [1.54, 1.807) is 6.07 Å². The van der Waals surface area contributed by atoms with Crippen LogP contribution in [0.2, 0.25) is 0 Å². The first-order valence-corrected chi connectivity index (χ1v) is 4.77. The average molecular weight is 203 g/mol. The Kier molecular flexibility index (Phi) is 2.13. The molecule has 2 aromatic heterocycles. The third kappa shape index (κ3) is 1.43. The Hall–Kier alpha value is -1.93. The maximum absolute atomic E-state index is 11.3. The number of nitrogens with zero attached hydrogens (tertiary/aromatic N) is 2. The van der Waals surface area contributed by atoms with Crippen LogP contribution >= 0.6 is 11.3 Å². The second-order valence-corrected chi connectivity index (χ2v) is 3.38. The van der Waals surface area contributed by atoms with Crippen molar-refractivity contribution in [2.75, 3.05) is 0 Å². The molecule has 0 aliphatic carbocycles. The largest absolute Gasteiger partial charge is 0.305 e. The van der Waals surface area contributed by atoms with Gasteiger partial charge < -0.3 is 4.98 Å². The standard InChI is InChI=1S/C9H5N3OS/c10-3-7-4-11-8(12-9(7)13)6-1-2-14-5-6/h1-2,4-5H,(H,11,12,13). The van der Waals surface area contributed by atoms with Crippen LogP contribution in [0.25, 0.3) is 11.4 Å². The molecule has 0 saturated heterocycles. The van der Waals surface area contributed by atoms with Crippen LogP contribution in [0.1, 0.15) is 5.56 Å². The molecule has 0 aliphatic heterocycles. The zero-order valence-corrected chi connectivity index (χ0v) is 7.84. The number of hydrogen-bond acceptors (Lipinski definition) is 4. The molecular weight excluding hydrogens is 198 g/mol. The maximum Gasteiger partial charge on any atom is 0.269 e. The van der Waals surface area contributed by atoms with Crippen molar-refractivity contribution in [2.24, 2.45) is 0 Å². The van der Waals surface area contributed by atoms with Crippen molar-refractivity contribution in [1.29, 1.82) is 5.26 Å². The molecule has 0 aromatic carbocycles. The highest BCUT2D eigenvalue weighted by Gasteiger charge is 2.03. The molecule has 5 heteroatoms. The van der Waals surface area contributed by atoms with E-state index in [9.17, 15) is 4.79 Å². The van der Waals surface area contributed by atoms with Crippen molar-refractivity contribution in [3.63, 3.8) is 0 Å². The summed E-state index contributed by atoms with van der Waals surface area (Å²) in [6.07, 6.45) is 1.28. The topological polar surface area (TPSA) is 69.5 Å². The summed E-state index contributed by atoms with van der Waals surface area (Å²) in [5.74, 6) is 0.496. The fourth-order valence-corrected chi connectivity index (χ4v) is 1.66. The molecule has 68 valence electrons. The van der Waals surface area contributed by atoms with E-state index in [2.05, 4.69) is 9.97 Å². The maximum atomic E-state index is 11.3. The number of aromatic nitrogens is 2. The second kappa shape index (κ2) is 3.44. The fraction of sp³-hybridized carbons (Fsp3) is 0. The highest BCUT2D eigenvalue weighted by molar-refractivity contribution is 7.08. The summed E-state index contributed by atoms with van der Waals surface area (Å²) in [6.45, 7) is 0. The third-order valence-corrected chi connectivity index (χ3v) is 2.40. The first kappa shape index (κ1) is 8.66. The lowest BCUT2D eigenvalue weighted by atomic mass is 10.3. The van der Waals surface area contributed by atoms with Crippen LogP contribution in [0.3, 0.4) is 0 Å². The minimum atomic E-state index is -0.399. The van der Waals surface area contributed by atoms with E-state index in [1.165, 1.54) is 17.5 Å². The van der Waals surface area contributed by atoms with Gasteiger partial charge in [-0.15, -0.1) is 0 Å². The van der Waals surface area contributed by atoms with Crippen LogP contribution in [0.5, 0.6) is 0 Å².